The molecule has 1 rings (SSSR count). The van der Waals surface area contributed by atoms with E-state index in [9.17, 15) is 13.0 Å². The second-order valence-electron chi connectivity index (χ2n) is 6.80. The summed E-state index contributed by atoms with van der Waals surface area (Å²) in [6.07, 6.45) is 3.34. The zero-order valence-corrected chi connectivity index (χ0v) is 19.3. The molecule has 1 aromatic carbocycles. The number of benzene rings is 1. The Balaban J connectivity index is 4.16. The van der Waals surface area contributed by atoms with Gasteiger partial charge in [-0.2, -0.15) is 8.42 Å². The van der Waals surface area contributed by atoms with E-state index in [1.165, 1.54) is 0 Å². The van der Waals surface area contributed by atoms with Gasteiger partial charge in [-0.25, -0.2) is 0 Å². The van der Waals surface area contributed by atoms with Gasteiger partial charge in [-0.3, -0.25) is 4.55 Å². The Labute approximate surface area is 170 Å². The fourth-order valence-electron chi connectivity index (χ4n) is 2.91. The van der Waals surface area contributed by atoms with E-state index in [-0.39, 0.29) is 34.1 Å². The highest BCUT2D eigenvalue weighted by Gasteiger charge is 2.36. The minimum Gasteiger partial charge on any atom is -0.324 e. The maximum absolute atomic E-state index is 12.4. The van der Waals surface area contributed by atoms with Crippen LogP contribution in [0.25, 0.3) is 0 Å². The lowest BCUT2D eigenvalue weighted by Gasteiger charge is -2.27. The molecule has 0 aliphatic heterocycles. The van der Waals surface area contributed by atoms with Crippen LogP contribution >= 0.6 is 24.1 Å². The summed E-state index contributed by atoms with van der Waals surface area (Å²) in [6.45, 7) is 11.1. The minimum absolute atomic E-state index is 0.101. The van der Waals surface area contributed by atoms with Crippen LogP contribution in [0, 0.1) is 0 Å². The molecule has 0 aromatic heterocycles. The summed E-state index contributed by atoms with van der Waals surface area (Å²) < 4.78 is 44.9. The first-order valence-corrected chi connectivity index (χ1v) is 12.2. The lowest BCUT2D eigenvalue weighted by Crippen LogP contribution is -2.16. The summed E-state index contributed by atoms with van der Waals surface area (Å²) in [5.41, 5.74) is 1.30. The van der Waals surface area contributed by atoms with Crippen LogP contribution in [0.3, 0.4) is 0 Å². The van der Waals surface area contributed by atoms with Gasteiger partial charge in [-0.1, -0.05) is 41.5 Å². The molecule has 0 fully saturated rings. The second kappa shape index (κ2) is 10.2. The molecule has 0 saturated carbocycles. The van der Waals surface area contributed by atoms with Gasteiger partial charge in [0.2, 0.25) is 0 Å². The van der Waals surface area contributed by atoms with Gasteiger partial charge in [0, 0.05) is 53.3 Å². The first-order chi connectivity index (χ1) is 12.5. The Hall–Kier alpha value is -0.650. The largest absolute Gasteiger partial charge is 0.324 e. The van der Waals surface area contributed by atoms with Crippen molar-refractivity contribution < 1.29 is 31.4 Å². The van der Waals surface area contributed by atoms with E-state index in [0.717, 1.165) is 24.1 Å². The van der Waals surface area contributed by atoms with Crippen molar-refractivity contribution in [2.24, 2.45) is 0 Å². The first-order valence-electron chi connectivity index (χ1n) is 8.44. The van der Waals surface area contributed by atoms with Crippen LogP contribution in [0.5, 0.6) is 11.5 Å². The van der Waals surface area contributed by atoms with Gasteiger partial charge >= 0.3 is 0 Å². The number of hydrogen-bond donors (Lipinski definition) is 1. The van der Waals surface area contributed by atoms with Gasteiger partial charge in [-0.05, 0) is 17.8 Å². The Kier molecular flexibility index (Phi) is 9.23. The standard InChI is InChI=1S/C17H28O7S3/c1-9(2)12-15(21-23-25-7)13(10(3)4)17(27(18,19)20)14(11(5)6)16(12)22-24-26-8/h9-11H,1-8H3,(H,18,19,20). The predicted octanol–water partition coefficient (Wildman–Crippen LogP) is 5.48. The van der Waals surface area contributed by atoms with Crippen LogP contribution in [0.4, 0.5) is 0 Å². The molecule has 0 atom stereocenters. The molecule has 0 heterocycles. The third-order valence-electron chi connectivity index (χ3n) is 3.83. The summed E-state index contributed by atoms with van der Waals surface area (Å²) in [6, 6.07) is 0. The zero-order valence-electron chi connectivity index (χ0n) is 16.9. The van der Waals surface area contributed by atoms with Gasteiger partial charge in [0.25, 0.3) is 10.1 Å². The van der Waals surface area contributed by atoms with E-state index in [0.29, 0.717) is 16.7 Å². The van der Waals surface area contributed by atoms with Crippen molar-refractivity contribution in [3.8, 4) is 11.5 Å². The normalized spacial score (nSPS) is 12.3. The van der Waals surface area contributed by atoms with Crippen LogP contribution in [-0.4, -0.2) is 25.5 Å². The molecule has 1 aromatic rings. The summed E-state index contributed by atoms with van der Waals surface area (Å²) in [4.78, 5) is 10.7. The molecule has 27 heavy (non-hydrogen) atoms. The minimum atomic E-state index is -4.58. The third-order valence-corrected chi connectivity index (χ3v) is 5.19. The molecule has 7 nitrogen and oxygen atoms in total. The molecule has 0 bridgehead atoms. The molecule has 0 unspecified atom stereocenters. The van der Waals surface area contributed by atoms with Gasteiger partial charge in [-0.15, -0.1) is 8.67 Å². The Morgan fingerprint density at radius 2 is 1.07 bits per heavy atom. The maximum atomic E-state index is 12.4. The van der Waals surface area contributed by atoms with Gasteiger partial charge in [0.1, 0.15) is 4.90 Å². The summed E-state index contributed by atoms with van der Waals surface area (Å²) in [5.74, 6) is -0.214. The first kappa shape index (κ1) is 24.4. The summed E-state index contributed by atoms with van der Waals surface area (Å²) >= 11 is 1.95. The van der Waals surface area contributed by atoms with Gasteiger partial charge in [0.15, 0.2) is 11.5 Å². The third kappa shape index (κ3) is 5.68. The van der Waals surface area contributed by atoms with E-state index in [1.54, 1.807) is 12.5 Å². The molecule has 0 radical (unpaired) electrons. The second-order valence-corrected chi connectivity index (χ2v) is 9.10. The monoisotopic (exact) mass is 440 g/mol. The predicted molar refractivity (Wildman–Crippen MR) is 109 cm³/mol. The molecule has 0 aliphatic carbocycles. The van der Waals surface area contributed by atoms with E-state index in [4.69, 9.17) is 18.4 Å². The Morgan fingerprint density at radius 1 is 0.741 bits per heavy atom. The van der Waals surface area contributed by atoms with Gasteiger partial charge in [0.05, 0.1) is 0 Å². The van der Waals surface area contributed by atoms with Crippen LogP contribution in [0.2, 0.25) is 0 Å². The smallest absolute Gasteiger partial charge is 0.295 e. The molecular weight excluding hydrogens is 412 g/mol. The fraction of sp³-hybridized carbons (Fsp3) is 0.647. The average molecular weight is 441 g/mol. The Morgan fingerprint density at radius 3 is 1.30 bits per heavy atom. The van der Waals surface area contributed by atoms with E-state index in [2.05, 4.69) is 0 Å². The zero-order chi connectivity index (χ0) is 20.9. The summed E-state index contributed by atoms with van der Waals surface area (Å²) in [7, 11) is -4.58. The van der Waals surface area contributed by atoms with Crippen molar-refractivity contribution in [1.29, 1.82) is 0 Å². The van der Waals surface area contributed by atoms with Crippen LogP contribution in [0.1, 0.15) is 76.0 Å². The highest BCUT2D eigenvalue weighted by atomic mass is 32.2. The highest BCUT2D eigenvalue weighted by Crippen LogP contribution is 2.50. The molecular formula is C17H28O7S3. The topological polar surface area (TPSA) is 91.3 Å². The molecule has 156 valence electrons. The fourth-order valence-corrected chi connectivity index (χ4v) is 4.40. The lowest BCUT2D eigenvalue weighted by molar-refractivity contribution is -0.0889. The molecule has 0 amide bonds. The molecule has 0 aliphatic rings. The lowest BCUT2D eigenvalue weighted by atomic mass is 9.87. The SMILES string of the molecule is CSOOc1c(C(C)C)c(OOSC)c(C(C)C)c(S(=O)(=O)O)c1C(C)C. The van der Waals surface area contributed by atoms with Crippen LogP contribution < -0.4 is 9.78 Å². The summed E-state index contributed by atoms with van der Waals surface area (Å²) in [5, 5.41) is 0. The van der Waals surface area contributed by atoms with Crippen molar-refractivity contribution in [1.82, 2.24) is 0 Å². The highest BCUT2D eigenvalue weighted by molar-refractivity contribution is 7.94. The molecule has 0 saturated heterocycles. The van der Waals surface area contributed by atoms with Gasteiger partial charge < -0.3 is 9.78 Å². The van der Waals surface area contributed by atoms with Crippen molar-refractivity contribution in [3.05, 3.63) is 16.7 Å². The quantitative estimate of drug-likeness (QED) is 0.220. The van der Waals surface area contributed by atoms with Crippen LogP contribution in [0.15, 0.2) is 4.90 Å². The molecule has 1 N–H and O–H groups in total. The van der Waals surface area contributed by atoms with Crippen molar-refractivity contribution >= 4 is 34.2 Å². The van der Waals surface area contributed by atoms with E-state index >= 15 is 0 Å². The van der Waals surface area contributed by atoms with E-state index in [1.807, 2.05) is 41.5 Å². The van der Waals surface area contributed by atoms with Crippen molar-refractivity contribution in [2.45, 2.75) is 64.2 Å². The maximum Gasteiger partial charge on any atom is 0.295 e. The number of rotatable bonds is 10. The van der Waals surface area contributed by atoms with Crippen molar-refractivity contribution in [2.75, 3.05) is 12.5 Å². The van der Waals surface area contributed by atoms with Crippen molar-refractivity contribution in [3.63, 3.8) is 0 Å². The molecule has 0 spiro atoms. The van der Waals surface area contributed by atoms with E-state index < -0.39 is 10.1 Å². The number of hydrogen-bond acceptors (Lipinski definition) is 8. The molecule has 10 heteroatoms. The van der Waals surface area contributed by atoms with Crippen LogP contribution in [-0.2, 0) is 18.8 Å². The average Bonchev–Trinajstić information content (AvgIpc) is 2.54. The Bertz CT molecular complexity index is 702.